The van der Waals surface area contributed by atoms with Crippen molar-refractivity contribution in [3.05, 3.63) is 59.7 Å². The third-order valence-electron chi connectivity index (χ3n) is 7.04. The lowest BCUT2D eigenvalue weighted by atomic mass is 9.77. The number of carbonyl (C=O) groups excluding carboxylic acids is 1. The molecule has 0 atom stereocenters. The number of esters is 1. The Hall–Kier alpha value is -2.33. The SMILES string of the molecule is CCCCCC1CCC(c2ccc(OC(=O)c3ccc(OCCCCCCO)cc3)cc2)CC1. The molecule has 0 aromatic heterocycles. The van der Waals surface area contributed by atoms with Gasteiger partial charge in [-0.15, -0.1) is 0 Å². The molecule has 0 heterocycles. The van der Waals surface area contributed by atoms with Gasteiger partial charge in [-0.25, -0.2) is 4.79 Å². The van der Waals surface area contributed by atoms with Crippen LogP contribution >= 0.6 is 0 Å². The van der Waals surface area contributed by atoms with Crippen LogP contribution in [0.3, 0.4) is 0 Å². The minimum atomic E-state index is -0.351. The van der Waals surface area contributed by atoms with Crippen LogP contribution in [0.2, 0.25) is 0 Å². The molecule has 0 aliphatic heterocycles. The Morgan fingerprint density at radius 2 is 1.50 bits per heavy atom. The first-order valence-electron chi connectivity index (χ1n) is 13.4. The number of aliphatic hydroxyl groups excluding tert-OH is 1. The van der Waals surface area contributed by atoms with Gasteiger partial charge in [0.1, 0.15) is 11.5 Å². The molecule has 4 nitrogen and oxygen atoms in total. The van der Waals surface area contributed by atoms with Crippen LogP contribution in [0, 0.1) is 5.92 Å². The molecule has 2 aromatic rings. The van der Waals surface area contributed by atoms with Crippen LogP contribution in [0.15, 0.2) is 48.5 Å². The quantitative estimate of drug-likeness (QED) is 0.176. The lowest BCUT2D eigenvalue weighted by Crippen LogP contribution is -2.13. The van der Waals surface area contributed by atoms with Gasteiger partial charge in [-0.2, -0.15) is 0 Å². The van der Waals surface area contributed by atoms with E-state index < -0.39 is 0 Å². The monoisotopic (exact) mass is 466 g/mol. The van der Waals surface area contributed by atoms with Gasteiger partial charge < -0.3 is 14.6 Å². The van der Waals surface area contributed by atoms with Crippen LogP contribution < -0.4 is 9.47 Å². The number of hydrogen-bond acceptors (Lipinski definition) is 4. The molecule has 1 aliphatic carbocycles. The van der Waals surface area contributed by atoms with Crippen molar-refractivity contribution in [2.45, 2.75) is 89.9 Å². The molecule has 0 bridgehead atoms. The van der Waals surface area contributed by atoms with E-state index in [2.05, 4.69) is 19.1 Å². The molecule has 2 aromatic carbocycles. The topological polar surface area (TPSA) is 55.8 Å². The summed E-state index contributed by atoms with van der Waals surface area (Å²) in [4.78, 5) is 12.5. The summed E-state index contributed by atoms with van der Waals surface area (Å²) in [6.45, 7) is 3.17. The van der Waals surface area contributed by atoms with Crippen LogP contribution in [-0.4, -0.2) is 24.3 Å². The Morgan fingerprint density at radius 3 is 2.18 bits per heavy atom. The third kappa shape index (κ3) is 8.79. The van der Waals surface area contributed by atoms with E-state index in [0.717, 1.165) is 37.4 Å². The average Bonchev–Trinajstić information content (AvgIpc) is 2.87. The molecule has 1 aliphatic rings. The maximum Gasteiger partial charge on any atom is 0.343 e. The zero-order valence-corrected chi connectivity index (χ0v) is 20.8. The van der Waals surface area contributed by atoms with Crippen molar-refractivity contribution in [3.8, 4) is 11.5 Å². The van der Waals surface area contributed by atoms with Crippen LogP contribution in [0.4, 0.5) is 0 Å². The van der Waals surface area contributed by atoms with Crippen LogP contribution in [0.25, 0.3) is 0 Å². The molecular formula is C30H42O4. The maximum absolute atomic E-state index is 12.5. The summed E-state index contributed by atoms with van der Waals surface area (Å²) in [7, 11) is 0. The van der Waals surface area contributed by atoms with Crippen molar-refractivity contribution in [1.29, 1.82) is 0 Å². The molecule has 34 heavy (non-hydrogen) atoms. The molecule has 1 N–H and O–H groups in total. The van der Waals surface area contributed by atoms with Crippen LogP contribution in [0.5, 0.6) is 11.5 Å². The second-order valence-corrected chi connectivity index (χ2v) is 9.68. The smallest absolute Gasteiger partial charge is 0.343 e. The van der Waals surface area contributed by atoms with Gasteiger partial charge in [0.2, 0.25) is 0 Å². The zero-order valence-electron chi connectivity index (χ0n) is 20.8. The second kappa shape index (κ2) is 14.8. The van der Waals surface area contributed by atoms with Crippen molar-refractivity contribution < 1.29 is 19.4 Å². The fourth-order valence-electron chi connectivity index (χ4n) is 4.89. The largest absolute Gasteiger partial charge is 0.494 e. The standard InChI is InChI=1S/C30H42O4/c1-2-3-6-9-24-10-12-25(13-11-24)26-14-20-29(21-15-26)34-30(32)27-16-18-28(19-17-27)33-23-8-5-4-7-22-31/h14-21,24-25,31H,2-13,22-23H2,1H3. The van der Waals surface area contributed by atoms with Crippen molar-refractivity contribution in [1.82, 2.24) is 0 Å². The molecule has 0 spiro atoms. The number of rotatable bonds is 14. The third-order valence-corrected chi connectivity index (χ3v) is 7.04. The molecule has 0 saturated heterocycles. The second-order valence-electron chi connectivity index (χ2n) is 9.68. The number of ether oxygens (including phenoxy) is 2. The van der Waals surface area contributed by atoms with Gasteiger partial charge in [-0.3, -0.25) is 0 Å². The van der Waals surface area contributed by atoms with Crippen LogP contribution in [-0.2, 0) is 0 Å². The zero-order chi connectivity index (χ0) is 24.0. The van der Waals surface area contributed by atoms with Gasteiger partial charge in [0.05, 0.1) is 12.2 Å². The lowest BCUT2D eigenvalue weighted by molar-refractivity contribution is 0.0734. The van der Waals surface area contributed by atoms with Crippen molar-refractivity contribution in [2.24, 2.45) is 5.92 Å². The Kier molecular flexibility index (Phi) is 11.5. The van der Waals surface area contributed by atoms with E-state index in [1.165, 1.54) is 56.9 Å². The molecule has 1 fully saturated rings. The molecule has 186 valence electrons. The molecule has 3 rings (SSSR count). The number of benzene rings is 2. The molecule has 0 radical (unpaired) electrons. The summed E-state index contributed by atoms with van der Waals surface area (Å²) < 4.78 is 11.3. The Labute approximate surface area is 205 Å². The Morgan fingerprint density at radius 1 is 0.824 bits per heavy atom. The Bertz CT molecular complexity index is 820. The van der Waals surface area contributed by atoms with Gasteiger partial charge in [0.15, 0.2) is 0 Å². The van der Waals surface area contributed by atoms with Crippen molar-refractivity contribution in [2.75, 3.05) is 13.2 Å². The van der Waals surface area contributed by atoms with E-state index >= 15 is 0 Å². The van der Waals surface area contributed by atoms with E-state index in [9.17, 15) is 4.79 Å². The van der Waals surface area contributed by atoms with E-state index in [1.54, 1.807) is 12.1 Å². The molecular weight excluding hydrogens is 424 g/mol. The normalized spacial score (nSPS) is 17.9. The van der Waals surface area contributed by atoms with Gasteiger partial charge >= 0.3 is 5.97 Å². The number of hydrogen-bond donors (Lipinski definition) is 1. The number of unbranched alkanes of at least 4 members (excludes halogenated alkanes) is 5. The van der Waals surface area contributed by atoms with Gasteiger partial charge in [-0.05, 0) is 98.7 Å². The molecule has 4 heteroatoms. The minimum absolute atomic E-state index is 0.253. The predicted octanol–water partition coefficient (Wildman–Crippen LogP) is 7.69. The Balaban J connectivity index is 1.40. The van der Waals surface area contributed by atoms with Gasteiger partial charge in [-0.1, -0.05) is 51.2 Å². The van der Waals surface area contributed by atoms with Gasteiger partial charge in [0, 0.05) is 6.61 Å². The molecule has 1 saturated carbocycles. The highest BCUT2D eigenvalue weighted by Gasteiger charge is 2.22. The summed E-state index contributed by atoms with van der Waals surface area (Å²) >= 11 is 0. The highest BCUT2D eigenvalue weighted by atomic mass is 16.5. The fourth-order valence-corrected chi connectivity index (χ4v) is 4.89. The van der Waals surface area contributed by atoms with E-state index in [4.69, 9.17) is 14.6 Å². The summed E-state index contributed by atoms with van der Waals surface area (Å²) in [5.41, 5.74) is 1.88. The summed E-state index contributed by atoms with van der Waals surface area (Å²) in [6, 6.07) is 15.2. The first kappa shape index (κ1) is 26.3. The predicted molar refractivity (Wildman–Crippen MR) is 138 cm³/mol. The molecule has 0 unspecified atom stereocenters. The number of aliphatic hydroxyl groups is 1. The highest BCUT2D eigenvalue weighted by molar-refractivity contribution is 5.91. The summed E-state index contributed by atoms with van der Waals surface area (Å²) in [5, 5.41) is 8.80. The lowest BCUT2D eigenvalue weighted by Gasteiger charge is -2.29. The number of carbonyl (C=O) groups is 1. The van der Waals surface area contributed by atoms with E-state index in [0.29, 0.717) is 23.8 Å². The minimum Gasteiger partial charge on any atom is -0.494 e. The summed E-state index contributed by atoms with van der Waals surface area (Å²) in [5.74, 6) is 2.54. The van der Waals surface area contributed by atoms with E-state index in [1.807, 2.05) is 24.3 Å². The fraction of sp³-hybridized carbons (Fsp3) is 0.567. The van der Waals surface area contributed by atoms with Crippen LogP contribution in [0.1, 0.15) is 106 Å². The maximum atomic E-state index is 12.5. The van der Waals surface area contributed by atoms with Crippen molar-refractivity contribution >= 4 is 5.97 Å². The van der Waals surface area contributed by atoms with Crippen molar-refractivity contribution in [3.63, 3.8) is 0 Å². The first-order chi connectivity index (χ1) is 16.7. The highest BCUT2D eigenvalue weighted by Crippen LogP contribution is 2.38. The van der Waals surface area contributed by atoms with Gasteiger partial charge in [0.25, 0.3) is 0 Å². The summed E-state index contributed by atoms with van der Waals surface area (Å²) in [6.07, 6.45) is 14.5. The average molecular weight is 467 g/mol. The van der Waals surface area contributed by atoms with E-state index in [-0.39, 0.29) is 12.6 Å². The first-order valence-corrected chi connectivity index (χ1v) is 13.4. The molecule has 0 amide bonds.